The summed E-state index contributed by atoms with van der Waals surface area (Å²) >= 11 is 0. The van der Waals surface area contributed by atoms with Crippen LogP contribution in [0.2, 0.25) is 0 Å². The zero-order valence-electron chi connectivity index (χ0n) is 12.3. The molecular formula is C17H20N2O2. The number of nitrogens with one attached hydrogen (secondary N) is 2. The number of hydrogen-bond acceptors (Lipinski definition) is 3. The number of benzene rings is 2. The van der Waals surface area contributed by atoms with Crippen molar-refractivity contribution in [2.24, 2.45) is 0 Å². The molecule has 1 amide bonds. The Hall–Kier alpha value is -2.33. The zero-order valence-corrected chi connectivity index (χ0v) is 12.3. The summed E-state index contributed by atoms with van der Waals surface area (Å²) in [6, 6.07) is 17.2. The lowest BCUT2D eigenvalue weighted by atomic mass is 10.1. The molecule has 1 unspecified atom stereocenters. The van der Waals surface area contributed by atoms with E-state index in [0.29, 0.717) is 5.56 Å². The first kappa shape index (κ1) is 15.1. The molecule has 0 aliphatic heterocycles. The standard InChI is InChI=1S/C17H20N2O2/c1-13(11-14-7-6-10-16(12-14)21-2)18-19-17(20)15-8-4-3-5-9-15/h3-10,12-13,18H,11H2,1-2H3,(H,19,20). The van der Waals surface area contributed by atoms with Gasteiger partial charge in [-0.3, -0.25) is 10.2 Å². The van der Waals surface area contributed by atoms with Gasteiger partial charge in [0.2, 0.25) is 0 Å². The molecule has 4 heteroatoms. The third kappa shape index (κ3) is 4.61. The van der Waals surface area contributed by atoms with Crippen LogP contribution in [0.3, 0.4) is 0 Å². The van der Waals surface area contributed by atoms with Crippen molar-refractivity contribution >= 4 is 5.91 Å². The highest BCUT2D eigenvalue weighted by Crippen LogP contribution is 2.13. The van der Waals surface area contributed by atoms with Gasteiger partial charge >= 0.3 is 0 Å². The second-order valence-corrected chi connectivity index (χ2v) is 4.92. The molecule has 0 bridgehead atoms. The van der Waals surface area contributed by atoms with Crippen LogP contribution in [0.4, 0.5) is 0 Å². The van der Waals surface area contributed by atoms with Crippen molar-refractivity contribution in [3.05, 3.63) is 65.7 Å². The van der Waals surface area contributed by atoms with Gasteiger partial charge in [-0.1, -0.05) is 30.3 Å². The SMILES string of the molecule is COc1cccc(CC(C)NNC(=O)c2ccccc2)c1. The van der Waals surface area contributed by atoms with Crippen LogP contribution >= 0.6 is 0 Å². The van der Waals surface area contributed by atoms with E-state index in [9.17, 15) is 4.79 Å². The number of carbonyl (C=O) groups is 1. The fraction of sp³-hybridized carbons (Fsp3) is 0.235. The van der Waals surface area contributed by atoms with Crippen molar-refractivity contribution in [2.75, 3.05) is 7.11 Å². The third-order valence-electron chi connectivity index (χ3n) is 3.14. The molecule has 110 valence electrons. The van der Waals surface area contributed by atoms with E-state index in [1.165, 1.54) is 0 Å². The van der Waals surface area contributed by atoms with Crippen LogP contribution < -0.4 is 15.6 Å². The third-order valence-corrected chi connectivity index (χ3v) is 3.14. The van der Waals surface area contributed by atoms with Crippen LogP contribution in [0, 0.1) is 0 Å². The van der Waals surface area contributed by atoms with Crippen LogP contribution in [-0.4, -0.2) is 19.1 Å². The lowest BCUT2D eigenvalue weighted by Gasteiger charge is -2.15. The molecule has 4 nitrogen and oxygen atoms in total. The van der Waals surface area contributed by atoms with Gasteiger partial charge in [0.05, 0.1) is 7.11 Å². The highest BCUT2D eigenvalue weighted by atomic mass is 16.5. The number of hydrogen-bond donors (Lipinski definition) is 2. The van der Waals surface area contributed by atoms with E-state index in [0.717, 1.165) is 17.7 Å². The molecule has 21 heavy (non-hydrogen) atoms. The summed E-state index contributed by atoms with van der Waals surface area (Å²) in [4.78, 5) is 11.9. The highest BCUT2D eigenvalue weighted by Gasteiger charge is 2.07. The van der Waals surface area contributed by atoms with Crippen molar-refractivity contribution in [2.45, 2.75) is 19.4 Å². The van der Waals surface area contributed by atoms with Gasteiger partial charge in [0.15, 0.2) is 0 Å². The number of methoxy groups -OCH3 is 1. The van der Waals surface area contributed by atoms with Crippen LogP contribution in [-0.2, 0) is 6.42 Å². The Balaban J connectivity index is 1.84. The van der Waals surface area contributed by atoms with Gasteiger partial charge in [-0.2, -0.15) is 0 Å². The molecule has 0 aliphatic rings. The first-order valence-corrected chi connectivity index (χ1v) is 6.93. The van der Waals surface area contributed by atoms with Crippen LogP contribution in [0.25, 0.3) is 0 Å². The van der Waals surface area contributed by atoms with Gasteiger partial charge < -0.3 is 4.74 Å². The fourth-order valence-corrected chi connectivity index (χ4v) is 2.05. The maximum atomic E-state index is 11.9. The van der Waals surface area contributed by atoms with Crippen molar-refractivity contribution in [3.63, 3.8) is 0 Å². The molecule has 0 aliphatic carbocycles. The smallest absolute Gasteiger partial charge is 0.265 e. The summed E-state index contributed by atoms with van der Waals surface area (Å²) in [5.41, 5.74) is 7.55. The molecule has 0 fully saturated rings. The van der Waals surface area contributed by atoms with E-state index in [1.807, 2.05) is 49.4 Å². The average Bonchev–Trinajstić information content (AvgIpc) is 2.53. The highest BCUT2D eigenvalue weighted by molar-refractivity contribution is 5.93. The predicted octanol–water partition coefficient (Wildman–Crippen LogP) is 2.56. The number of carbonyl (C=O) groups excluding carboxylic acids is 1. The van der Waals surface area contributed by atoms with Crippen LogP contribution in [0.5, 0.6) is 5.75 Å². The molecular weight excluding hydrogens is 264 g/mol. The van der Waals surface area contributed by atoms with Crippen molar-refractivity contribution < 1.29 is 9.53 Å². The molecule has 0 spiro atoms. The summed E-state index contributed by atoms with van der Waals surface area (Å²) in [6.07, 6.45) is 0.798. The zero-order chi connectivity index (χ0) is 15.1. The topological polar surface area (TPSA) is 50.4 Å². The monoisotopic (exact) mass is 284 g/mol. The summed E-state index contributed by atoms with van der Waals surface area (Å²) < 4.78 is 5.20. The number of hydrazine groups is 1. The molecule has 0 heterocycles. The van der Waals surface area contributed by atoms with E-state index in [2.05, 4.69) is 10.9 Å². The first-order valence-electron chi connectivity index (χ1n) is 6.93. The Morgan fingerprint density at radius 1 is 1.14 bits per heavy atom. The Labute approximate surface area is 125 Å². The second kappa shape index (κ2) is 7.45. The molecule has 2 aromatic rings. The molecule has 2 rings (SSSR count). The molecule has 1 atom stereocenters. The van der Waals surface area contributed by atoms with Gasteiger partial charge in [-0.05, 0) is 43.2 Å². The summed E-state index contributed by atoms with van der Waals surface area (Å²) in [6.45, 7) is 2.02. The molecule has 2 N–H and O–H groups in total. The Bertz CT molecular complexity index is 584. The summed E-state index contributed by atoms with van der Waals surface area (Å²) in [5.74, 6) is 0.709. The molecule has 0 saturated heterocycles. The molecule has 0 aromatic heterocycles. The maximum Gasteiger partial charge on any atom is 0.265 e. The fourth-order valence-electron chi connectivity index (χ4n) is 2.05. The number of ether oxygens (including phenoxy) is 1. The van der Waals surface area contributed by atoms with Gasteiger partial charge in [0.1, 0.15) is 5.75 Å². The number of rotatable bonds is 6. The molecule has 2 aromatic carbocycles. The predicted molar refractivity (Wildman–Crippen MR) is 83.2 cm³/mol. The van der Waals surface area contributed by atoms with Gasteiger partial charge in [0.25, 0.3) is 5.91 Å². The number of amides is 1. The average molecular weight is 284 g/mol. The Kier molecular flexibility index (Phi) is 5.35. The second-order valence-electron chi connectivity index (χ2n) is 4.92. The van der Waals surface area contributed by atoms with E-state index in [-0.39, 0.29) is 11.9 Å². The summed E-state index contributed by atoms with van der Waals surface area (Å²) in [5, 5.41) is 0. The minimum atomic E-state index is -0.131. The van der Waals surface area contributed by atoms with Gasteiger partial charge in [-0.15, -0.1) is 0 Å². The van der Waals surface area contributed by atoms with Crippen LogP contribution in [0.15, 0.2) is 54.6 Å². The van der Waals surface area contributed by atoms with Crippen molar-refractivity contribution in [1.82, 2.24) is 10.9 Å². The largest absolute Gasteiger partial charge is 0.497 e. The minimum Gasteiger partial charge on any atom is -0.497 e. The first-order chi connectivity index (χ1) is 10.2. The van der Waals surface area contributed by atoms with Crippen LogP contribution in [0.1, 0.15) is 22.8 Å². The van der Waals surface area contributed by atoms with Gasteiger partial charge in [0, 0.05) is 11.6 Å². The van der Waals surface area contributed by atoms with E-state index < -0.39 is 0 Å². The van der Waals surface area contributed by atoms with E-state index in [1.54, 1.807) is 19.2 Å². The maximum absolute atomic E-state index is 11.9. The van der Waals surface area contributed by atoms with Crippen molar-refractivity contribution in [3.8, 4) is 5.75 Å². The Morgan fingerprint density at radius 3 is 2.62 bits per heavy atom. The lowest BCUT2D eigenvalue weighted by molar-refractivity contribution is 0.0926. The minimum absolute atomic E-state index is 0.116. The van der Waals surface area contributed by atoms with Crippen molar-refractivity contribution in [1.29, 1.82) is 0 Å². The Morgan fingerprint density at radius 2 is 1.90 bits per heavy atom. The molecule has 0 saturated carbocycles. The lowest BCUT2D eigenvalue weighted by Crippen LogP contribution is -2.43. The summed E-state index contributed by atoms with van der Waals surface area (Å²) in [7, 11) is 1.65. The van der Waals surface area contributed by atoms with E-state index in [4.69, 9.17) is 4.74 Å². The normalized spacial score (nSPS) is 11.7. The molecule has 0 radical (unpaired) electrons. The quantitative estimate of drug-likeness (QED) is 0.802. The van der Waals surface area contributed by atoms with Gasteiger partial charge in [-0.25, -0.2) is 5.43 Å². The van der Waals surface area contributed by atoms with E-state index >= 15 is 0 Å².